The van der Waals surface area contributed by atoms with E-state index in [1.165, 1.54) is 69.5 Å². The molecule has 258 valence electrons. The number of aliphatic hydroxyl groups excluding tert-OH is 1. The molecule has 3 aromatic rings. The van der Waals surface area contributed by atoms with Gasteiger partial charge in [-0.2, -0.15) is 13.2 Å². The van der Waals surface area contributed by atoms with Gasteiger partial charge in [-0.3, -0.25) is 14.4 Å². The molecule has 0 spiro atoms. The van der Waals surface area contributed by atoms with E-state index in [1.807, 2.05) is 0 Å². The quantitative estimate of drug-likeness (QED) is 0.159. The number of aliphatic carboxylic acids is 1. The van der Waals surface area contributed by atoms with Crippen LogP contribution in [0.15, 0.2) is 72.8 Å². The standard InChI is InChI=1S/C33H35ClF3N3O8/c1-18(2)27(29(43)33(35,36)37)39-32(46)28(20-10-12-23(47-3)13-11-20)40-31(45)25(15-19-6-4-8-22(34)14-19)38-30(44)21-7-5-9-24(16-21)48-17-26(41)42/h4-14,16,18,25,27-29,43H,15,17H2,1-3H3,(H,38,44)(H,39,46)(H,40,45)(H,41,42)/t25-,27-,28-,29-/m0/s1. The van der Waals surface area contributed by atoms with Crippen LogP contribution in [0.2, 0.25) is 5.02 Å². The number of carbonyl (C=O) groups excluding carboxylic acids is 3. The summed E-state index contributed by atoms with van der Waals surface area (Å²) in [4.78, 5) is 51.7. The van der Waals surface area contributed by atoms with E-state index in [2.05, 4.69) is 16.0 Å². The first-order chi connectivity index (χ1) is 22.6. The third-order valence-corrected chi connectivity index (χ3v) is 7.34. The molecule has 15 heteroatoms. The molecule has 3 aromatic carbocycles. The Kier molecular flexibility index (Phi) is 13.2. The lowest BCUT2D eigenvalue weighted by Crippen LogP contribution is -2.56. The highest BCUT2D eigenvalue weighted by atomic mass is 35.5. The second-order valence-electron chi connectivity index (χ2n) is 11.0. The van der Waals surface area contributed by atoms with E-state index in [0.717, 1.165) is 0 Å². The van der Waals surface area contributed by atoms with E-state index in [0.29, 0.717) is 16.3 Å². The number of aliphatic hydroxyl groups is 1. The van der Waals surface area contributed by atoms with Crippen molar-refractivity contribution in [3.8, 4) is 11.5 Å². The molecule has 0 radical (unpaired) electrons. The van der Waals surface area contributed by atoms with E-state index in [4.69, 9.17) is 26.2 Å². The second-order valence-corrected chi connectivity index (χ2v) is 11.5. The van der Waals surface area contributed by atoms with Gasteiger partial charge in [0, 0.05) is 17.0 Å². The summed E-state index contributed by atoms with van der Waals surface area (Å²) < 4.78 is 50.7. The van der Waals surface area contributed by atoms with Gasteiger partial charge in [0.2, 0.25) is 11.8 Å². The van der Waals surface area contributed by atoms with Crippen LogP contribution < -0.4 is 25.4 Å². The van der Waals surface area contributed by atoms with Crippen LogP contribution in [0.5, 0.6) is 11.5 Å². The number of alkyl halides is 3. The fourth-order valence-corrected chi connectivity index (χ4v) is 4.84. The van der Waals surface area contributed by atoms with E-state index < -0.39 is 66.6 Å². The minimum atomic E-state index is -5.04. The third-order valence-electron chi connectivity index (χ3n) is 7.11. The van der Waals surface area contributed by atoms with Crippen molar-refractivity contribution in [2.24, 2.45) is 5.92 Å². The van der Waals surface area contributed by atoms with Gasteiger partial charge in [0.25, 0.3) is 5.91 Å². The van der Waals surface area contributed by atoms with Crippen LogP contribution in [0.25, 0.3) is 0 Å². The number of halogens is 4. The normalized spacial score (nSPS) is 13.9. The smallest absolute Gasteiger partial charge is 0.416 e. The Bertz CT molecular complexity index is 1590. The van der Waals surface area contributed by atoms with Crippen molar-refractivity contribution in [2.75, 3.05) is 13.7 Å². The molecular weight excluding hydrogens is 659 g/mol. The van der Waals surface area contributed by atoms with Crippen LogP contribution in [0, 0.1) is 5.92 Å². The summed E-state index contributed by atoms with van der Waals surface area (Å²) in [5, 5.41) is 26.6. The highest BCUT2D eigenvalue weighted by molar-refractivity contribution is 6.30. The van der Waals surface area contributed by atoms with Crippen molar-refractivity contribution >= 4 is 35.3 Å². The molecule has 5 N–H and O–H groups in total. The molecule has 11 nitrogen and oxygen atoms in total. The molecule has 0 fully saturated rings. The fourth-order valence-electron chi connectivity index (χ4n) is 4.62. The van der Waals surface area contributed by atoms with Crippen LogP contribution in [0.3, 0.4) is 0 Å². The average Bonchev–Trinajstić information content (AvgIpc) is 3.04. The summed E-state index contributed by atoms with van der Waals surface area (Å²) in [6, 6.07) is 13.2. The predicted octanol–water partition coefficient (Wildman–Crippen LogP) is 4.07. The first-order valence-corrected chi connectivity index (χ1v) is 15.0. The van der Waals surface area contributed by atoms with E-state index in [9.17, 15) is 37.5 Å². The number of nitrogens with one attached hydrogen (secondary N) is 3. The fraction of sp³-hybridized carbons (Fsp3) is 0.333. The zero-order valence-electron chi connectivity index (χ0n) is 26.1. The van der Waals surface area contributed by atoms with Crippen molar-refractivity contribution in [2.45, 2.75) is 50.7 Å². The van der Waals surface area contributed by atoms with E-state index >= 15 is 0 Å². The molecule has 48 heavy (non-hydrogen) atoms. The minimum Gasteiger partial charge on any atom is -0.497 e. The highest BCUT2D eigenvalue weighted by Gasteiger charge is 2.46. The summed E-state index contributed by atoms with van der Waals surface area (Å²) in [5.41, 5.74) is 0.717. The molecule has 0 aromatic heterocycles. The monoisotopic (exact) mass is 693 g/mol. The Labute approximate surface area is 279 Å². The number of carboxylic acid groups (broad SMARTS) is 1. The Balaban J connectivity index is 1.96. The molecule has 0 aliphatic rings. The molecule has 0 unspecified atom stereocenters. The van der Waals surface area contributed by atoms with Gasteiger partial charge in [-0.05, 0) is 59.5 Å². The number of hydrogen-bond donors (Lipinski definition) is 5. The summed E-state index contributed by atoms with van der Waals surface area (Å²) >= 11 is 6.13. The first-order valence-electron chi connectivity index (χ1n) is 14.6. The maximum absolute atomic E-state index is 13.9. The molecule has 0 saturated heterocycles. The topological polar surface area (TPSA) is 163 Å². The van der Waals surface area contributed by atoms with Gasteiger partial charge in [-0.25, -0.2) is 4.79 Å². The average molecular weight is 694 g/mol. The van der Waals surface area contributed by atoms with Gasteiger partial charge in [-0.1, -0.05) is 55.8 Å². The molecule has 3 rings (SSSR count). The number of amides is 3. The Morgan fingerprint density at radius 3 is 2.12 bits per heavy atom. The molecule has 3 amide bonds. The number of ether oxygens (including phenoxy) is 2. The van der Waals surface area contributed by atoms with Crippen molar-refractivity contribution in [3.63, 3.8) is 0 Å². The minimum absolute atomic E-state index is 0.0205. The summed E-state index contributed by atoms with van der Waals surface area (Å²) in [5.74, 6) is -4.29. The largest absolute Gasteiger partial charge is 0.497 e. The van der Waals surface area contributed by atoms with Gasteiger partial charge in [0.15, 0.2) is 12.7 Å². The van der Waals surface area contributed by atoms with Crippen molar-refractivity contribution in [3.05, 3.63) is 94.5 Å². The summed E-state index contributed by atoms with van der Waals surface area (Å²) in [6.45, 7) is 2.12. The lowest BCUT2D eigenvalue weighted by molar-refractivity contribution is -0.215. The lowest BCUT2D eigenvalue weighted by Gasteiger charge is -2.31. The number of carbonyl (C=O) groups is 4. The van der Waals surface area contributed by atoms with Crippen LogP contribution in [-0.2, 0) is 20.8 Å². The number of benzene rings is 3. The van der Waals surface area contributed by atoms with Crippen molar-refractivity contribution in [1.29, 1.82) is 0 Å². The Morgan fingerprint density at radius 2 is 1.54 bits per heavy atom. The van der Waals surface area contributed by atoms with Crippen LogP contribution in [-0.4, -0.2) is 72.0 Å². The molecular formula is C33H35ClF3N3O8. The number of carboxylic acids is 1. The third kappa shape index (κ3) is 10.9. The van der Waals surface area contributed by atoms with Gasteiger partial charge >= 0.3 is 12.1 Å². The number of rotatable bonds is 15. The van der Waals surface area contributed by atoms with E-state index in [-0.39, 0.29) is 23.3 Å². The predicted molar refractivity (Wildman–Crippen MR) is 169 cm³/mol. The number of hydrogen-bond acceptors (Lipinski definition) is 7. The second kappa shape index (κ2) is 16.8. The molecule has 0 saturated carbocycles. The van der Waals surface area contributed by atoms with Crippen LogP contribution >= 0.6 is 11.6 Å². The molecule has 0 aliphatic heterocycles. The van der Waals surface area contributed by atoms with Gasteiger partial charge in [0.1, 0.15) is 23.6 Å². The Morgan fingerprint density at radius 1 is 0.875 bits per heavy atom. The van der Waals surface area contributed by atoms with Gasteiger partial charge in [-0.15, -0.1) is 0 Å². The van der Waals surface area contributed by atoms with Crippen molar-refractivity contribution in [1.82, 2.24) is 16.0 Å². The number of methoxy groups -OCH3 is 1. The molecule has 4 atom stereocenters. The van der Waals surface area contributed by atoms with Crippen molar-refractivity contribution < 1.29 is 52.0 Å². The SMILES string of the molecule is COc1ccc([C@H](NC(=O)[C@H](Cc2cccc(Cl)c2)NC(=O)c2cccc(OCC(=O)O)c2)C(=O)N[C@@H](C(C)C)[C@H](O)C(F)(F)F)cc1. The zero-order valence-corrected chi connectivity index (χ0v) is 26.8. The van der Waals surface area contributed by atoms with Gasteiger partial charge in [0.05, 0.1) is 13.2 Å². The molecule has 0 aliphatic carbocycles. The highest BCUT2D eigenvalue weighted by Crippen LogP contribution is 2.27. The van der Waals surface area contributed by atoms with E-state index in [1.54, 1.807) is 24.3 Å². The Hall–Kier alpha value is -4.82. The molecule has 0 heterocycles. The first kappa shape index (κ1) is 37.6. The summed E-state index contributed by atoms with van der Waals surface area (Å²) in [6.07, 6.45) is -8.05. The van der Waals surface area contributed by atoms with Crippen LogP contribution in [0.4, 0.5) is 13.2 Å². The van der Waals surface area contributed by atoms with Crippen LogP contribution in [0.1, 0.15) is 41.4 Å². The maximum atomic E-state index is 13.9. The zero-order chi connectivity index (χ0) is 35.6. The summed E-state index contributed by atoms with van der Waals surface area (Å²) in [7, 11) is 1.41. The molecule has 0 bridgehead atoms. The maximum Gasteiger partial charge on any atom is 0.416 e. The lowest BCUT2D eigenvalue weighted by atomic mass is 9.96. The van der Waals surface area contributed by atoms with Gasteiger partial charge < -0.3 is 35.6 Å².